The molecular formula is C13H19NO3. The summed E-state index contributed by atoms with van der Waals surface area (Å²) in [6.07, 6.45) is 6.75. The van der Waals surface area contributed by atoms with Crippen LogP contribution in [-0.2, 0) is 14.3 Å². The highest BCUT2D eigenvalue weighted by atomic mass is 16.5. The Labute approximate surface area is 102 Å². The highest BCUT2D eigenvalue weighted by Gasteiger charge is 2.34. The van der Waals surface area contributed by atoms with Crippen LogP contribution >= 0.6 is 0 Å². The Balaban J connectivity index is 2.05. The molecule has 0 radical (unpaired) electrons. The molecule has 4 heteroatoms. The summed E-state index contributed by atoms with van der Waals surface area (Å²) in [5, 5.41) is 0. The summed E-state index contributed by atoms with van der Waals surface area (Å²) in [6.45, 7) is 1.65. The Bertz CT molecular complexity index is 343. The van der Waals surface area contributed by atoms with Crippen LogP contribution in [0, 0.1) is 5.92 Å². The van der Waals surface area contributed by atoms with Crippen LogP contribution in [0.4, 0.5) is 0 Å². The molecule has 1 heterocycles. The van der Waals surface area contributed by atoms with Gasteiger partial charge in [-0.1, -0.05) is 6.08 Å². The number of likely N-dealkylation sites (tertiary alicyclic amines) is 1. The summed E-state index contributed by atoms with van der Waals surface area (Å²) in [6, 6.07) is 0. The van der Waals surface area contributed by atoms with Crippen molar-refractivity contribution >= 4 is 11.9 Å². The first-order chi connectivity index (χ1) is 8.24. The third-order valence-electron chi connectivity index (χ3n) is 3.57. The summed E-state index contributed by atoms with van der Waals surface area (Å²) in [7, 11) is 1.38. The van der Waals surface area contributed by atoms with E-state index in [1.54, 1.807) is 0 Å². The summed E-state index contributed by atoms with van der Waals surface area (Å²) in [5.74, 6) is -0.578. The Hall–Kier alpha value is -1.32. The average molecular weight is 237 g/mol. The molecule has 0 aromatic rings. The van der Waals surface area contributed by atoms with E-state index in [9.17, 15) is 9.59 Å². The maximum Gasteiger partial charge on any atom is 0.313 e. The minimum atomic E-state index is -0.338. The summed E-state index contributed by atoms with van der Waals surface area (Å²) in [5.41, 5.74) is 0.652. The minimum absolute atomic E-state index is 0.0394. The van der Waals surface area contributed by atoms with E-state index in [-0.39, 0.29) is 17.8 Å². The molecule has 94 valence electrons. The smallest absolute Gasteiger partial charge is 0.313 e. The second-order valence-corrected chi connectivity index (χ2v) is 4.67. The summed E-state index contributed by atoms with van der Waals surface area (Å²) in [4.78, 5) is 25.7. The van der Waals surface area contributed by atoms with Crippen LogP contribution in [-0.4, -0.2) is 37.0 Å². The fraction of sp³-hybridized carbons (Fsp3) is 0.692. The third kappa shape index (κ3) is 2.51. The van der Waals surface area contributed by atoms with Gasteiger partial charge in [0, 0.05) is 18.7 Å². The van der Waals surface area contributed by atoms with E-state index in [0.717, 1.165) is 32.4 Å². The molecular weight excluding hydrogens is 218 g/mol. The van der Waals surface area contributed by atoms with Crippen LogP contribution < -0.4 is 0 Å². The zero-order valence-corrected chi connectivity index (χ0v) is 10.3. The Kier molecular flexibility index (Phi) is 3.82. The fourth-order valence-corrected chi connectivity index (χ4v) is 2.61. The van der Waals surface area contributed by atoms with Crippen LogP contribution in [0.3, 0.4) is 0 Å². The van der Waals surface area contributed by atoms with E-state index < -0.39 is 0 Å². The van der Waals surface area contributed by atoms with Crippen molar-refractivity contribution in [2.45, 2.75) is 32.1 Å². The van der Waals surface area contributed by atoms with Gasteiger partial charge in [-0.15, -0.1) is 0 Å². The molecule has 1 aliphatic heterocycles. The number of carbonyl (C=O) groups is 2. The Morgan fingerprint density at radius 3 is 2.65 bits per heavy atom. The lowest BCUT2D eigenvalue weighted by molar-refractivity contribution is -0.145. The molecule has 1 fully saturated rings. The Morgan fingerprint density at radius 2 is 2.00 bits per heavy atom. The van der Waals surface area contributed by atoms with E-state index >= 15 is 0 Å². The fourth-order valence-electron chi connectivity index (χ4n) is 2.61. The molecule has 0 bridgehead atoms. The van der Waals surface area contributed by atoms with Gasteiger partial charge in [0.25, 0.3) is 0 Å². The highest BCUT2D eigenvalue weighted by Crippen LogP contribution is 2.29. The number of amides is 1. The number of methoxy groups -OCH3 is 1. The van der Waals surface area contributed by atoms with Crippen molar-refractivity contribution in [3.63, 3.8) is 0 Å². The largest absolute Gasteiger partial charge is 0.469 e. The van der Waals surface area contributed by atoms with Gasteiger partial charge in [0.1, 0.15) is 0 Å². The van der Waals surface area contributed by atoms with Crippen molar-refractivity contribution in [1.82, 2.24) is 4.90 Å². The molecule has 1 amide bonds. The molecule has 0 saturated carbocycles. The first-order valence-corrected chi connectivity index (χ1v) is 6.31. The lowest BCUT2D eigenvalue weighted by atomic mass is 9.99. The van der Waals surface area contributed by atoms with Crippen molar-refractivity contribution < 1.29 is 14.3 Å². The lowest BCUT2D eigenvalue weighted by Gasteiger charge is -2.28. The van der Waals surface area contributed by atoms with Crippen molar-refractivity contribution in [3.8, 4) is 0 Å². The minimum Gasteiger partial charge on any atom is -0.469 e. The number of allylic oxidation sites excluding steroid dienone is 1. The molecule has 4 nitrogen and oxygen atoms in total. The topological polar surface area (TPSA) is 46.6 Å². The van der Waals surface area contributed by atoms with Gasteiger partial charge in [-0.2, -0.15) is 0 Å². The lowest BCUT2D eigenvalue weighted by Crippen LogP contribution is -2.38. The van der Waals surface area contributed by atoms with Gasteiger partial charge in [-0.05, 0) is 32.1 Å². The van der Waals surface area contributed by atoms with Crippen LogP contribution in [0.15, 0.2) is 11.6 Å². The van der Waals surface area contributed by atoms with Crippen LogP contribution in [0.2, 0.25) is 0 Å². The number of hydrogen-bond acceptors (Lipinski definition) is 3. The number of rotatable bonds is 2. The molecule has 1 aliphatic carbocycles. The van der Waals surface area contributed by atoms with E-state index in [2.05, 4.69) is 0 Å². The standard InChI is InChI=1S/C13H19NO3/c1-17-13(16)11-7-5-6-10(11)12(15)14-8-3-2-4-9-14/h6,11H,2-5,7-9H2,1H3/t11-/m1/s1. The number of piperidine rings is 1. The normalized spacial score (nSPS) is 24.4. The van der Waals surface area contributed by atoms with Gasteiger partial charge in [-0.25, -0.2) is 0 Å². The quantitative estimate of drug-likeness (QED) is 0.684. The molecule has 0 aromatic heterocycles. The van der Waals surface area contributed by atoms with E-state index in [1.807, 2.05) is 11.0 Å². The van der Waals surface area contributed by atoms with Crippen molar-refractivity contribution in [2.24, 2.45) is 5.92 Å². The molecule has 1 saturated heterocycles. The molecule has 0 aromatic carbocycles. The van der Waals surface area contributed by atoms with E-state index in [1.165, 1.54) is 13.5 Å². The molecule has 17 heavy (non-hydrogen) atoms. The molecule has 0 N–H and O–H groups in total. The number of nitrogens with zero attached hydrogens (tertiary/aromatic N) is 1. The predicted molar refractivity (Wildman–Crippen MR) is 63.3 cm³/mol. The first-order valence-electron chi connectivity index (χ1n) is 6.31. The van der Waals surface area contributed by atoms with Gasteiger partial charge < -0.3 is 9.64 Å². The van der Waals surface area contributed by atoms with E-state index in [4.69, 9.17) is 4.74 Å². The average Bonchev–Trinajstić information content (AvgIpc) is 2.87. The van der Waals surface area contributed by atoms with E-state index in [0.29, 0.717) is 12.0 Å². The zero-order chi connectivity index (χ0) is 12.3. The maximum atomic E-state index is 12.3. The number of hydrogen-bond donors (Lipinski definition) is 0. The predicted octanol–water partition coefficient (Wildman–Crippen LogP) is 1.51. The molecule has 2 rings (SSSR count). The van der Waals surface area contributed by atoms with Gasteiger partial charge in [0.05, 0.1) is 13.0 Å². The molecule has 1 atom stereocenters. The second kappa shape index (κ2) is 5.34. The van der Waals surface area contributed by atoms with Crippen molar-refractivity contribution in [2.75, 3.05) is 20.2 Å². The van der Waals surface area contributed by atoms with Gasteiger partial charge in [0.15, 0.2) is 0 Å². The first kappa shape index (κ1) is 12.1. The van der Waals surface area contributed by atoms with Gasteiger partial charge >= 0.3 is 5.97 Å². The number of ether oxygens (including phenoxy) is 1. The maximum absolute atomic E-state index is 12.3. The molecule has 0 unspecified atom stereocenters. The monoisotopic (exact) mass is 237 g/mol. The second-order valence-electron chi connectivity index (χ2n) is 4.67. The van der Waals surface area contributed by atoms with Crippen molar-refractivity contribution in [3.05, 3.63) is 11.6 Å². The molecule has 2 aliphatic rings. The zero-order valence-electron chi connectivity index (χ0n) is 10.3. The van der Waals surface area contributed by atoms with Gasteiger partial charge in [0.2, 0.25) is 5.91 Å². The van der Waals surface area contributed by atoms with Crippen LogP contribution in [0.5, 0.6) is 0 Å². The van der Waals surface area contributed by atoms with Gasteiger partial charge in [-0.3, -0.25) is 9.59 Å². The summed E-state index contributed by atoms with van der Waals surface area (Å²) >= 11 is 0. The Morgan fingerprint density at radius 1 is 1.29 bits per heavy atom. The SMILES string of the molecule is COC(=O)[C@@H]1CCC=C1C(=O)N1CCCCC1. The highest BCUT2D eigenvalue weighted by molar-refractivity contribution is 5.99. The van der Waals surface area contributed by atoms with Crippen LogP contribution in [0.25, 0.3) is 0 Å². The third-order valence-corrected chi connectivity index (χ3v) is 3.57. The number of esters is 1. The van der Waals surface area contributed by atoms with Crippen molar-refractivity contribution in [1.29, 1.82) is 0 Å². The number of carbonyl (C=O) groups excluding carboxylic acids is 2. The summed E-state index contributed by atoms with van der Waals surface area (Å²) < 4.78 is 4.75. The van der Waals surface area contributed by atoms with Crippen LogP contribution in [0.1, 0.15) is 32.1 Å². The molecule has 0 spiro atoms.